The summed E-state index contributed by atoms with van der Waals surface area (Å²) in [6.45, 7) is 2.43. The first-order chi connectivity index (χ1) is 8.33. The van der Waals surface area contributed by atoms with Gasteiger partial charge < -0.3 is 0 Å². The molecule has 2 fully saturated rings. The first-order valence-electron chi connectivity index (χ1n) is 7.08. The van der Waals surface area contributed by atoms with Crippen LogP contribution < -0.4 is 0 Å². The molecular formula is C14H25NOS. The molecule has 1 saturated heterocycles. The van der Waals surface area contributed by atoms with Gasteiger partial charge in [-0.25, -0.2) is 0 Å². The van der Waals surface area contributed by atoms with Crippen molar-refractivity contribution in [1.82, 2.24) is 4.90 Å². The summed E-state index contributed by atoms with van der Waals surface area (Å²) >= 11 is 1.93. The summed E-state index contributed by atoms with van der Waals surface area (Å²) < 4.78 is 0. The van der Waals surface area contributed by atoms with Crippen molar-refractivity contribution in [3.8, 4) is 0 Å². The third-order valence-electron chi connectivity index (χ3n) is 4.27. The lowest BCUT2D eigenvalue weighted by molar-refractivity contribution is -0.126. The topological polar surface area (TPSA) is 20.3 Å². The lowest BCUT2D eigenvalue weighted by Gasteiger charge is -2.33. The van der Waals surface area contributed by atoms with E-state index in [0.717, 1.165) is 19.3 Å². The molecule has 1 heterocycles. The number of nitrogens with zero attached hydrogens (tertiary/aromatic N) is 1. The number of hydrogen-bond acceptors (Lipinski definition) is 3. The molecule has 0 radical (unpaired) electrons. The molecule has 2 atom stereocenters. The summed E-state index contributed by atoms with van der Waals surface area (Å²) in [7, 11) is 0. The second kappa shape index (κ2) is 6.79. The number of thioether (sulfide) groups is 1. The average molecular weight is 255 g/mol. The number of carbonyl (C=O) groups is 1. The zero-order valence-corrected chi connectivity index (χ0v) is 11.8. The van der Waals surface area contributed by atoms with Gasteiger partial charge in [-0.2, -0.15) is 11.8 Å². The Morgan fingerprint density at radius 3 is 2.94 bits per heavy atom. The lowest BCUT2D eigenvalue weighted by atomic mass is 9.82. The van der Waals surface area contributed by atoms with Crippen LogP contribution in [0.3, 0.4) is 0 Å². The summed E-state index contributed by atoms with van der Waals surface area (Å²) in [5, 5.41) is 0. The van der Waals surface area contributed by atoms with Crippen molar-refractivity contribution in [3.05, 3.63) is 0 Å². The minimum absolute atomic E-state index is 0.375. The Labute approximate surface area is 110 Å². The number of Topliss-reactive ketones (excluding diaryl/α,β-unsaturated/α-hetero) is 1. The van der Waals surface area contributed by atoms with Crippen LogP contribution in [0.1, 0.15) is 44.9 Å². The van der Waals surface area contributed by atoms with Gasteiger partial charge in [-0.3, -0.25) is 9.69 Å². The predicted octanol–water partition coefficient (Wildman–Crippen LogP) is 2.96. The van der Waals surface area contributed by atoms with Crippen LogP contribution in [0.15, 0.2) is 0 Å². The minimum atomic E-state index is 0.375. The Bertz CT molecular complexity index is 257. The summed E-state index contributed by atoms with van der Waals surface area (Å²) in [6.07, 6.45) is 10.4. The zero-order chi connectivity index (χ0) is 12.1. The smallest absolute Gasteiger partial charge is 0.137 e. The Morgan fingerprint density at radius 2 is 2.18 bits per heavy atom. The highest BCUT2D eigenvalue weighted by Gasteiger charge is 2.36. The van der Waals surface area contributed by atoms with Gasteiger partial charge in [0.2, 0.25) is 0 Å². The number of rotatable bonds is 5. The lowest BCUT2D eigenvalue weighted by Crippen LogP contribution is -2.41. The van der Waals surface area contributed by atoms with Crippen LogP contribution in [0.5, 0.6) is 0 Å². The highest BCUT2D eigenvalue weighted by atomic mass is 32.2. The fourth-order valence-corrected chi connectivity index (χ4v) is 3.83. The van der Waals surface area contributed by atoms with Gasteiger partial charge in [0.1, 0.15) is 5.78 Å². The first kappa shape index (κ1) is 13.4. The molecule has 0 aromatic carbocycles. The van der Waals surface area contributed by atoms with Crippen molar-refractivity contribution in [2.24, 2.45) is 5.92 Å². The van der Waals surface area contributed by atoms with E-state index < -0.39 is 0 Å². The number of likely N-dealkylation sites (tertiary alicyclic amines) is 1. The largest absolute Gasteiger partial charge is 0.300 e. The van der Waals surface area contributed by atoms with Crippen molar-refractivity contribution in [1.29, 1.82) is 0 Å². The molecule has 2 aliphatic rings. The second-order valence-corrected chi connectivity index (χ2v) is 6.40. The molecule has 2 rings (SSSR count). The third kappa shape index (κ3) is 3.47. The Balaban J connectivity index is 1.86. The minimum Gasteiger partial charge on any atom is -0.300 e. The van der Waals surface area contributed by atoms with Gasteiger partial charge in [0, 0.05) is 18.4 Å². The van der Waals surface area contributed by atoms with Gasteiger partial charge in [0.25, 0.3) is 0 Å². The molecule has 1 saturated carbocycles. The fraction of sp³-hybridized carbons (Fsp3) is 0.929. The van der Waals surface area contributed by atoms with Crippen LogP contribution in [-0.4, -0.2) is 41.8 Å². The summed E-state index contributed by atoms with van der Waals surface area (Å²) in [5.74, 6) is 2.18. The number of hydrogen-bond donors (Lipinski definition) is 0. The average Bonchev–Trinajstić information content (AvgIpc) is 2.78. The molecule has 2 unspecified atom stereocenters. The molecule has 0 N–H and O–H groups in total. The van der Waals surface area contributed by atoms with Crippen LogP contribution in [0, 0.1) is 5.92 Å². The monoisotopic (exact) mass is 255 g/mol. The van der Waals surface area contributed by atoms with Crippen LogP contribution >= 0.6 is 11.8 Å². The van der Waals surface area contributed by atoms with E-state index >= 15 is 0 Å². The van der Waals surface area contributed by atoms with Gasteiger partial charge >= 0.3 is 0 Å². The van der Waals surface area contributed by atoms with E-state index in [1.54, 1.807) is 0 Å². The maximum atomic E-state index is 12.0. The Kier molecular flexibility index (Phi) is 5.36. The van der Waals surface area contributed by atoms with Crippen molar-refractivity contribution in [2.75, 3.05) is 25.1 Å². The van der Waals surface area contributed by atoms with E-state index in [0.29, 0.717) is 17.7 Å². The van der Waals surface area contributed by atoms with Crippen molar-refractivity contribution in [2.45, 2.75) is 51.0 Å². The van der Waals surface area contributed by atoms with Gasteiger partial charge in [-0.1, -0.05) is 6.42 Å². The Hall–Kier alpha value is -0.0200. The van der Waals surface area contributed by atoms with E-state index in [2.05, 4.69) is 11.2 Å². The van der Waals surface area contributed by atoms with Crippen LogP contribution in [0.2, 0.25) is 0 Å². The number of carbonyl (C=O) groups excluding carboxylic acids is 1. The van der Waals surface area contributed by atoms with Gasteiger partial charge in [0.15, 0.2) is 0 Å². The highest BCUT2D eigenvalue weighted by Crippen LogP contribution is 2.32. The molecule has 0 amide bonds. The SMILES string of the molecule is CSCCCN1CCCC1C1CCCCC1=O. The maximum Gasteiger partial charge on any atom is 0.137 e. The van der Waals surface area contributed by atoms with E-state index in [1.807, 2.05) is 11.8 Å². The highest BCUT2D eigenvalue weighted by molar-refractivity contribution is 7.98. The number of ketones is 1. The van der Waals surface area contributed by atoms with Crippen molar-refractivity contribution < 1.29 is 4.79 Å². The van der Waals surface area contributed by atoms with Crippen molar-refractivity contribution in [3.63, 3.8) is 0 Å². The van der Waals surface area contributed by atoms with Gasteiger partial charge in [0.05, 0.1) is 0 Å². The molecule has 0 spiro atoms. The van der Waals surface area contributed by atoms with Gasteiger partial charge in [-0.15, -0.1) is 0 Å². The zero-order valence-electron chi connectivity index (χ0n) is 11.0. The molecule has 0 aromatic heterocycles. The van der Waals surface area contributed by atoms with Gasteiger partial charge in [-0.05, 0) is 57.2 Å². The van der Waals surface area contributed by atoms with Crippen LogP contribution in [0.4, 0.5) is 0 Å². The summed E-state index contributed by atoms with van der Waals surface area (Å²) in [6, 6.07) is 0.588. The van der Waals surface area contributed by atoms with E-state index in [9.17, 15) is 4.79 Å². The molecule has 2 nitrogen and oxygen atoms in total. The molecule has 0 aromatic rings. The third-order valence-corrected chi connectivity index (χ3v) is 4.97. The fourth-order valence-electron chi connectivity index (χ4n) is 3.41. The summed E-state index contributed by atoms with van der Waals surface area (Å²) in [4.78, 5) is 14.6. The maximum absolute atomic E-state index is 12.0. The standard InChI is InChI=1S/C14H25NOS/c1-17-11-5-10-15-9-4-7-13(15)12-6-2-3-8-14(12)16/h12-13H,2-11H2,1H3. The molecule has 0 bridgehead atoms. The van der Waals surface area contributed by atoms with E-state index in [-0.39, 0.29) is 0 Å². The Morgan fingerprint density at radius 1 is 1.29 bits per heavy atom. The predicted molar refractivity (Wildman–Crippen MR) is 74.6 cm³/mol. The summed E-state index contributed by atoms with van der Waals surface area (Å²) in [5.41, 5.74) is 0. The molecule has 17 heavy (non-hydrogen) atoms. The normalized spacial score (nSPS) is 31.0. The second-order valence-electron chi connectivity index (χ2n) is 5.41. The molecule has 1 aliphatic carbocycles. The molecule has 3 heteroatoms. The quantitative estimate of drug-likeness (QED) is 0.705. The van der Waals surface area contributed by atoms with Crippen LogP contribution in [0.25, 0.3) is 0 Å². The van der Waals surface area contributed by atoms with Crippen molar-refractivity contribution >= 4 is 17.5 Å². The molecule has 98 valence electrons. The van der Waals surface area contributed by atoms with Crippen LogP contribution in [-0.2, 0) is 4.79 Å². The molecule has 1 aliphatic heterocycles. The van der Waals surface area contributed by atoms with E-state index in [4.69, 9.17) is 0 Å². The molecular weight excluding hydrogens is 230 g/mol. The van der Waals surface area contributed by atoms with E-state index in [1.165, 1.54) is 44.5 Å². The first-order valence-corrected chi connectivity index (χ1v) is 8.48.